The molecule has 0 saturated carbocycles. The number of hydrogen-bond acceptors (Lipinski definition) is 7. The van der Waals surface area contributed by atoms with Crippen molar-refractivity contribution in [2.75, 3.05) is 66.7 Å². The summed E-state index contributed by atoms with van der Waals surface area (Å²) in [5, 5.41) is 15.9. The van der Waals surface area contributed by atoms with Crippen LogP contribution >= 0.6 is 23.2 Å². The van der Waals surface area contributed by atoms with Gasteiger partial charge in [-0.25, -0.2) is 0 Å². The number of fused-ring (bicyclic) bond motifs is 1. The fourth-order valence-corrected chi connectivity index (χ4v) is 4.71. The molecule has 0 atom stereocenters. The minimum atomic E-state index is -0.307. The molecule has 1 fully saturated rings. The summed E-state index contributed by atoms with van der Waals surface area (Å²) in [4.78, 5) is 19.8. The van der Waals surface area contributed by atoms with Crippen LogP contribution in [0.4, 0.5) is 22.9 Å². The lowest BCUT2D eigenvalue weighted by molar-refractivity contribution is 0.102. The van der Waals surface area contributed by atoms with E-state index in [-0.39, 0.29) is 11.6 Å². The second-order valence-electron chi connectivity index (χ2n) is 8.84. The van der Waals surface area contributed by atoms with Crippen molar-refractivity contribution in [3.63, 3.8) is 0 Å². The Morgan fingerprint density at radius 1 is 1.00 bits per heavy atom. The van der Waals surface area contributed by atoms with Crippen LogP contribution in [0.2, 0.25) is 10.0 Å². The zero-order valence-electron chi connectivity index (χ0n) is 19.5. The Morgan fingerprint density at radius 3 is 2.54 bits per heavy atom. The molecule has 2 aromatic carbocycles. The molecule has 2 N–H and O–H groups in total. The molecule has 182 valence electrons. The quantitative estimate of drug-likeness (QED) is 0.530. The van der Waals surface area contributed by atoms with E-state index in [9.17, 15) is 4.79 Å². The maximum atomic E-state index is 13.0. The fraction of sp³-hybridized carbons (Fsp3) is 0.320. The lowest BCUT2D eigenvalue weighted by Crippen LogP contribution is -2.44. The van der Waals surface area contributed by atoms with Gasteiger partial charge in [-0.3, -0.25) is 4.79 Å². The number of carbonyl (C=O) groups is 1. The Balaban J connectivity index is 1.29. The van der Waals surface area contributed by atoms with E-state index in [1.165, 1.54) is 0 Å². The summed E-state index contributed by atoms with van der Waals surface area (Å²) in [6.45, 7) is 6.08. The molecule has 2 aliphatic heterocycles. The lowest BCUT2D eigenvalue weighted by Gasteiger charge is -2.34. The molecule has 3 heterocycles. The maximum absolute atomic E-state index is 13.0. The highest BCUT2D eigenvalue weighted by molar-refractivity contribution is 6.33. The summed E-state index contributed by atoms with van der Waals surface area (Å²) in [6.07, 6.45) is 0. The zero-order valence-corrected chi connectivity index (χ0v) is 21.0. The van der Waals surface area contributed by atoms with Crippen LogP contribution in [-0.2, 0) is 6.54 Å². The number of halogens is 2. The standard InChI is InChI=1S/C25H27Cl2N7O/c1-32-10-12-33(13-11-32)20-5-3-19(4-6-20)29-25(35)22-15-23-24(31-30-22)28-8-9-34(23)16-17-14-18(26)2-7-21(17)27/h2-7,14-15H,8-13,16H2,1H3,(H,28,31)(H,29,35). The number of nitrogens with zero attached hydrogens (tertiary/aromatic N) is 5. The molecule has 1 saturated heterocycles. The monoisotopic (exact) mass is 511 g/mol. The number of piperazine rings is 1. The van der Waals surface area contributed by atoms with E-state index in [2.05, 4.69) is 42.6 Å². The van der Waals surface area contributed by atoms with Crippen molar-refractivity contribution >= 4 is 52.0 Å². The molecular weight excluding hydrogens is 485 g/mol. The van der Waals surface area contributed by atoms with Gasteiger partial charge in [-0.2, -0.15) is 0 Å². The summed E-state index contributed by atoms with van der Waals surface area (Å²) in [5.74, 6) is 0.335. The van der Waals surface area contributed by atoms with Gasteiger partial charge in [0.2, 0.25) is 0 Å². The summed E-state index contributed by atoms with van der Waals surface area (Å²) in [6, 6.07) is 15.1. The molecule has 0 unspecified atom stereocenters. The van der Waals surface area contributed by atoms with Crippen molar-refractivity contribution in [2.24, 2.45) is 0 Å². The topological polar surface area (TPSA) is 76.6 Å². The molecule has 0 spiro atoms. The van der Waals surface area contributed by atoms with Gasteiger partial charge < -0.3 is 25.3 Å². The van der Waals surface area contributed by atoms with Crippen LogP contribution in [0, 0.1) is 0 Å². The largest absolute Gasteiger partial charge is 0.369 e. The van der Waals surface area contributed by atoms with Gasteiger partial charge in [0.25, 0.3) is 5.91 Å². The van der Waals surface area contributed by atoms with E-state index in [4.69, 9.17) is 23.2 Å². The molecule has 0 bridgehead atoms. The van der Waals surface area contributed by atoms with Gasteiger partial charge in [0.05, 0.1) is 5.69 Å². The lowest BCUT2D eigenvalue weighted by atomic mass is 10.1. The molecule has 8 nitrogen and oxygen atoms in total. The molecular formula is C25H27Cl2N7O. The number of carbonyl (C=O) groups excluding carboxylic acids is 1. The van der Waals surface area contributed by atoms with Gasteiger partial charge in [0.1, 0.15) is 0 Å². The number of benzene rings is 2. The number of likely N-dealkylation sites (N-methyl/N-ethyl adjacent to an activating group) is 1. The van der Waals surface area contributed by atoms with Crippen LogP contribution in [0.25, 0.3) is 0 Å². The highest BCUT2D eigenvalue weighted by atomic mass is 35.5. The minimum absolute atomic E-state index is 0.248. The zero-order chi connectivity index (χ0) is 24.4. The van der Waals surface area contributed by atoms with Gasteiger partial charge >= 0.3 is 0 Å². The van der Waals surface area contributed by atoms with Crippen molar-refractivity contribution in [3.05, 3.63) is 69.8 Å². The maximum Gasteiger partial charge on any atom is 0.276 e. The van der Waals surface area contributed by atoms with E-state index < -0.39 is 0 Å². The highest BCUT2D eigenvalue weighted by Crippen LogP contribution is 2.31. The first-order chi connectivity index (χ1) is 17.0. The van der Waals surface area contributed by atoms with Crippen molar-refractivity contribution in [2.45, 2.75) is 6.54 Å². The molecule has 1 amide bonds. The summed E-state index contributed by atoms with van der Waals surface area (Å²) >= 11 is 12.6. The minimum Gasteiger partial charge on any atom is -0.369 e. The van der Waals surface area contributed by atoms with Crippen LogP contribution < -0.4 is 20.4 Å². The second-order valence-corrected chi connectivity index (χ2v) is 9.68. The van der Waals surface area contributed by atoms with Crippen LogP contribution in [-0.4, -0.2) is 67.3 Å². The first-order valence-corrected chi connectivity index (χ1v) is 12.4. The third-order valence-corrected chi connectivity index (χ3v) is 6.99. The molecule has 5 rings (SSSR count). The number of aromatic nitrogens is 2. The van der Waals surface area contributed by atoms with E-state index in [1.54, 1.807) is 18.2 Å². The van der Waals surface area contributed by atoms with E-state index in [1.807, 2.05) is 30.3 Å². The molecule has 10 heteroatoms. The Bertz CT molecular complexity index is 1210. The SMILES string of the molecule is CN1CCN(c2ccc(NC(=O)c3cc4c(nn3)NCCN4Cc3cc(Cl)ccc3Cl)cc2)CC1. The van der Waals surface area contributed by atoms with Crippen LogP contribution in [0.3, 0.4) is 0 Å². The van der Waals surface area contributed by atoms with Crippen LogP contribution in [0.15, 0.2) is 48.5 Å². The van der Waals surface area contributed by atoms with Crippen molar-refractivity contribution < 1.29 is 4.79 Å². The molecule has 2 aliphatic rings. The molecule has 0 aliphatic carbocycles. The summed E-state index contributed by atoms with van der Waals surface area (Å²) in [5.41, 5.74) is 3.84. The number of nitrogens with one attached hydrogen (secondary N) is 2. The third kappa shape index (κ3) is 5.45. The predicted octanol–water partition coefficient (Wildman–Crippen LogP) is 4.22. The third-order valence-electron chi connectivity index (χ3n) is 6.38. The highest BCUT2D eigenvalue weighted by Gasteiger charge is 2.22. The van der Waals surface area contributed by atoms with E-state index in [0.717, 1.165) is 49.7 Å². The van der Waals surface area contributed by atoms with E-state index >= 15 is 0 Å². The Hall–Kier alpha value is -3.07. The molecule has 35 heavy (non-hydrogen) atoms. The first-order valence-electron chi connectivity index (χ1n) is 11.6. The average molecular weight is 512 g/mol. The Labute approximate surface area is 214 Å². The van der Waals surface area contributed by atoms with Gasteiger partial charge in [0.15, 0.2) is 11.5 Å². The first kappa shape index (κ1) is 23.7. The number of amides is 1. The summed E-state index contributed by atoms with van der Waals surface area (Å²) < 4.78 is 0. The van der Waals surface area contributed by atoms with Crippen molar-refractivity contribution in [1.29, 1.82) is 0 Å². The Morgan fingerprint density at radius 2 is 1.77 bits per heavy atom. The predicted molar refractivity (Wildman–Crippen MR) is 142 cm³/mol. The number of anilines is 4. The number of rotatable bonds is 5. The molecule has 3 aromatic rings. The van der Waals surface area contributed by atoms with Crippen molar-refractivity contribution in [3.8, 4) is 0 Å². The van der Waals surface area contributed by atoms with Gasteiger partial charge in [-0.1, -0.05) is 23.2 Å². The smallest absolute Gasteiger partial charge is 0.276 e. The normalized spacial score (nSPS) is 16.0. The molecule has 1 aromatic heterocycles. The van der Waals surface area contributed by atoms with Gasteiger partial charge in [0, 0.05) is 67.2 Å². The van der Waals surface area contributed by atoms with Gasteiger partial charge in [-0.15, -0.1) is 10.2 Å². The number of hydrogen-bond donors (Lipinski definition) is 2. The Kier molecular flexibility index (Phi) is 6.95. The second kappa shape index (κ2) is 10.3. The van der Waals surface area contributed by atoms with Crippen LogP contribution in [0.5, 0.6) is 0 Å². The summed E-state index contributed by atoms with van der Waals surface area (Å²) in [7, 11) is 2.14. The van der Waals surface area contributed by atoms with Crippen molar-refractivity contribution in [1.82, 2.24) is 15.1 Å². The average Bonchev–Trinajstić information content (AvgIpc) is 2.87. The molecule has 0 radical (unpaired) electrons. The van der Waals surface area contributed by atoms with E-state index in [0.29, 0.717) is 34.6 Å². The van der Waals surface area contributed by atoms with Crippen LogP contribution in [0.1, 0.15) is 16.1 Å². The fourth-order valence-electron chi connectivity index (χ4n) is 4.34. The van der Waals surface area contributed by atoms with Gasteiger partial charge in [-0.05, 0) is 61.1 Å².